The number of carbonyl (C=O) groups is 1. The number of carbonyl (C=O) groups excluding carboxylic acids is 1. The molecule has 0 aromatic heterocycles. The summed E-state index contributed by atoms with van der Waals surface area (Å²) in [6.45, 7) is 8.46. The lowest BCUT2D eigenvalue weighted by atomic mass is 9.91. The van der Waals surface area contributed by atoms with E-state index in [0.29, 0.717) is 35.4 Å². The van der Waals surface area contributed by atoms with Gasteiger partial charge in [-0.1, -0.05) is 13.8 Å². The quantitative estimate of drug-likeness (QED) is 0.864. The van der Waals surface area contributed by atoms with Gasteiger partial charge in [-0.2, -0.15) is 0 Å². The average molecular weight is 276 g/mol. The molecule has 0 aliphatic carbocycles. The lowest BCUT2D eigenvalue weighted by molar-refractivity contribution is 0.0619. The lowest BCUT2D eigenvalue weighted by Gasteiger charge is -2.35. The molecule has 0 saturated carbocycles. The fraction of sp³-hybridized carbons (Fsp3) is 0.562. The summed E-state index contributed by atoms with van der Waals surface area (Å²) in [4.78, 5) is 14.7. The molecule has 0 bridgehead atoms. The van der Waals surface area contributed by atoms with Gasteiger partial charge in [-0.15, -0.1) is 0 Å². The Hall–Kier alpha value is -1.71. The normalized spacial score (nSPS) is 22.6. The van der Waals surface area contributed by atoms with Gasteiger partial charge in [-0.05, 0) is 43.4 Å². The first-order chi connectivity index (χ1) is 9.51. The van der Waals surface area contributed by atoms with Crippen molar-refractivity contribution in [1.82, 2.24) is 4.90 Å². The Labute approximate surface area is 120 Å². The molecule has 1 amide bonds. The van der Waals surface area contributed by atoms with Crippen LogP contribution in [0.3, 0.4) is 0 Å². The molecule has 1 aromatic carbocycles. The number of amides is 1. The summed E-state index contributed by atoms with van der Waals surface area (Å²) in [7, 11) is 0. The van der Waals surface area contributed by atoms with E-state index in [0.717, 1.165) is 13.1 Å². The zero-order valence-electron chi connectivity index (χ0n) is 12.6. The molecule has 0 spiro atoms. The Balaban J connectivity index is 2.25. The minimum atomic E-state index is 0.0270. The number of likely N-dealkylation sites (tertiary alicyclic amines) is 1. The highest BCUT2D eigenvalue weighted by atomic mass is 16.5. The highest BCUT2D eigenvalue weighted by Crippen LogP contribution is 2.27. The van der Waals surface area contributed by atoms with E-state index in [1.165, 1.54) is 6.42 Å². The molecule has 1 aliphatic rings. The number of hydrogen-bond donors (Lipinski definition) is 1. The molecule has 4 nitrogen and oxygen atoms in total. The van der Waals surface area contributed by atoms with E-state index in [4.69, 9.17) is 10.5 Å². The predicted molar refractivity (Wildman–Crippen MR) is 80.9 cm³/mol. The van der Waals surface area contributed by atoms with Crippen LogP contribution in [0.25, 0.3) is 0 Å². The van der Waals surface area contributed by atoms with Crippen LogP contribution >= 0.6 is 0 Å². The van der Waals surface area contributed by atoms with Crippen LogP contribution in [-0.2, 0) is 0 Å². The maximum atomic E-state index is 12.7. The topological polar surface area (TPSA) is 55.6 Å². The van der Waals surface area contributed by atoms with Crippen molar-refractivity contribution in [3.63, 3.8) is 0 Å². The van der Waals surface area contributed by atoms with E-state index in [1.54, 1.807) is 18.2 Å². The molecule has 1 aromatic rings. The first-order valence-corrected chi connectivity index (χ1v) is 7.32. The van der Waals surface area contributed by atoms with Gasteiger partial charge in [0.1, 0.15) is 5.75 Å². The Bertz CT molecular complexity index is 477. The minimum absolute atomic E-state index is 0.0270. The van der Waals surface area contributed by atoms with Crippen molar-refractivity contribution < 1.29 is 9.53 Å². The number of rotatable bonds is 3. The van der Waals surface area contributed by atoms with Gasteiger partial charge in [0.25, 0.3) is 5.91 Å². The summed E-state index contributed by atoms with van der Waals surface area (Å²) in [6.07, 6.45) is 1.18. The smallest absolute Gasteiger partial charge is 0.257 e. The second-order valence-corrected chi connectivity index (χ2v) is 5.84. The Kier molecular flexibility index (Phi) is 4.53. The zero-order chi connectivity index (χ0) is 14.7. The molecule has 2 atom stereocenters. The van der Waals surface area contributed by atoms with Crippen LogP contribution in [0.1, 0.15) is 37.6 Å². The number of nitrogens with two attached hydrogens (primary N) is 1. The number of piperidine rings is 1. The summed E-state index contributed by atoms with van der Waals surface area (Å²) in [5.41, 5.74) is 6.99. The zero-order valence-corrected chi connectivity index (χ0v) is 12.6. The van der Waals surface area contributed by atoms with E-state index in [2.05, 4.69) is 13.8 Å². The monoisotopic (exact) mass is 276 g/mol. The van der Waals surface area contributed by atoms with E-state index >= 15 is 0 Å². The molecule has 2 N–H and O–H groups in total. The molecule has 110 valence electrons. The van der Waals surface area contributed by atoms with Crippen LogP contribution in [0.15, 0.2) is 18.2 Å². The average Bonchev–Trinajstić information content (AvgIpc) is 2.39. The predicted octanol–water partition coefficient (Wildman–Crippen LogP) is 2.79. The number of nitrogen functional groups attached to an aromatic ring is 1. The first kappa shape index (κ1) is 14.7. The van der Waals surface area contributed by atoms with Crippen molar-refractivity contribution in [3.05, 3.63) is 23.8 Å². The minimum Gasteiger partial charge on any atom is -0.493 e. The summed E-state index contributed by atoms with van der Waals surface area (Å²) >= 11 is 0. The van der Waals surface area contributed by atoms with Crippen LogP contribution in [0.2, 0.25) is 0 Å². The molecular formula is C16H24N2O2. The summed E-state index contributed by atoms with van der Waals surface area (Å²) in [5.74, 6) is 1.73. The number of anilines is 1. The van der Waals surface area contributed by atoms with Crippen molar-refractivity contribution >= 4 is 11.6 Å². The van der Waals surface area contributed by atoms with E-state index in [-0.39, 0.29) is 5.91 Å². The molecule has 1 saturated heterocycles. The maximum Gasteiger partial charge on any atom is 0.257 e. The number of nitrogens with zero attached hydrogens (tertiary/aromatic N) is 1. The summed E-state index contributed by atoms with van der Waals surface area (Å²) in [6, 6.07) is 5.27. The van der Waals surface area contributed by atoms with Gasteiger partial charge in [-0.3, -0.25) is 4.79 Å². The summed E-state index contributed by atoms with van der Waals surface area (Å²) in [5, 5.41) is 0. The van der Waals surface area contributed by atoms with Crippen molar-refractivity contribution in [2.45, 2.75) is 27.2 Å². The third kappa shape index (κ3) is 3.24. The summed E-state index contributed by atoms with van der Waals surface area (Å²) < 4.78 is 5.55. The third-order valence-corrected chi connectivity index (χ3v) is 3.69. The van der Waals surface area contributed by atoms with Gasteiger partial charge >= 0.3 is 0 Å². The van der Waals surface area contributed by atoms with Crippen LogP contribution in [0, 0.1) is 11.8 Å². The van der Waals surface area contributed by atoms with Gasteiger partial charge in [0.15, 0.2) is 0 Å². The molecule has 4 heteroatoms. The molecule has 1 heterocycles. The number of hydrogen-bond acceptors (Lipinski definition) is 3. The second kappa shape index (κ2) is 6.16. The number of benzene rings is 1. The maximum absolute atomic E-state index is 12.7. The van der Waals surface area contributed by atoms with E-state index in [9.17, 15) is 4.79 Å². The van der Waals surface area contributed by atoms with Gasteiger partial charge in [-0.25, -0.2) is 0 Å². The van der Waals surface area contributed by atoms with Crippen molar-refractivity contribution in [2.75, 3.05) is 25.4 Å². The van der Waals surface area contributed by atoms with Gasteiger partial charge in [0, 0.05) is 18.8 Å². The Morgan fingerprint density at radius 2 is 2.00 bits per heavy atom. The molecule has 2 rings (SSSR count). The van der Waals surface area contributed by atoms with Gasteiger partial charge in [0.2, 0.25) is 0 Å². The number of ether oxygens (including phenoxy) is 1. The first-order valence-electron chi connectivity index (χ1n) is 7.32. The second-order valence-electron chi connectivity index (χ2n) is 5.84. The molecule has 20 heavy (non-hydrogen) atoms. The largest absolute Gasteiger partial charge is 0.493 e. The Morgan fingerprint density at radius 3 is 2.60 bits per heavy atom. The molecule has 2 unspecified atom stereocenters. The van der Waals surface area contributed by atoms with Crippen molar-refractivity contribution in [2.24, 2.45) is 11.8 Å². The fourth-order valence-electron chi connectivity index (χ4n) is 3.00. The van der Waals surface area contributed by atoms with Crippen LogP contribution in [0.5, 0.6) is 5.75 Å². The van der Waals surface area contributed by atoms with Crippen LogP contribution in [-0.4, -0.2) is 30.5 Å². The SMILES string of the molecule is CCOc1ccc(N)cc1C(=O)N1CC(C)CC(C)C1. The standard InChI is InChI=1S/C16H24N2O2/c1-4-20-15-6-5-13(17)8-14(15)16(19)18-9-11(2)7-12(3)10-18/h5-6,8,11-12H,4,7,9-10,17H2,1-3H3. The van der Waals surface area contributed by atoms with E-state index in [1.807, 2.05) is 11.8 Å². The highest BCUT2D eigenvalue weighted by molar-refractivity contribution is 5.98. The third-order valence-electron chi connectivity index (χ3n) is 3.69. The lowest BCUT2D eigenvalue weighted by Crippen LogP contribution is -2.42. The van der Waals surface area contributed by atoms with Crippen LogP contribution < -0.4 is 10.5 Å². The van der Waals surface area contributed by atoms with Gasteiger partial charge in [0.05, 0.1) is 12.2 Å². The molecule has 1 fully saturated rings. The van der Waals surface area contributed by atoms with E-state index < -0.39 is 0 Å². The van der Waals surface area contributed by atoms with Crippen molar-refractivity contribution in [1.29, 1.82) is 0 Å². The fourth-order valence-corrected chi connectivity index (χ4v) is 3.00. The molecule has 1 aliphatic heterocycles. The van der Waals surface area contributed by atoms with Crippen LogP contribution in [0.4, 0.5) is 5.69 Å². The Morgan fingerprint density at radius 1 is 1.35 bits per heavy atom. The van der Waals surface area contributed by atoms with Gasteiger partial charge < -0.3 is 15.4 Å². The van der Waals surface area contributed by atoms with Crippen molar-refractivity contribution in [3.8, 4) is 5.75 Å². The highest BCUT2D eigenvalue weighted by Gasteiger charge is 2.27. The molecular weight excluding hydrogens is 252 g/mol. The molecule has 0 radical (unpaired) electrons.